The van der Waals surface area contributed by atoms with Crippen molar-refractivity contribution in [1.82, 2.24) is 0 Å². The van der Waals surface area contributed by atoms with Crippen LogP contribution < -0.4 is 10.5 Å². The topological polar surface area (TPSA) is 35.2 Å². The van der Waals surface area contributed by atoms with Crippen LogP contribution >= 0.6 is 15.9 Å². The van der Waals surface area contributed by atoms with Crippen LogP contribution in [0.25, 0.3) is 0 Å². The quantitative estimate of drug-likeness (QED) is 0.901. The van der Waals surface area contributed by atoms with Gasteiger partial charge in [-0.05, 0) is 55.2 Å². The molecule has 2 aromatic carbocycles. The number of halogens is 1. The lowest BCUT2D eigenvalue weighted by atomic mass is 9.92. The Morgan fingerprint density at radius 1 is 0.950 bits per heavy atom. The fourth-order valence-electron chi connectivity index (χ4n) is 2.43. The molecule has 20 heavy (non-hydrogen) atoms. The fraction of sp³-hybridized carbons (Fsp3) is 0.294. The number of hydrogen-bond acceptors (Lipinski definition) is 2. The molecule has 2 nitrogen and oxygen atoms in total. The average Bonchev–Trinajstić information content (AvgIpc) is 2.42. The molecule has 106 valence electrons. The highest BCUT2D eigenvalue weighted by Crippen LogP contribution is 2.33. The first-order valence-corrected chi connectivity index (χ1v) is 7.40. The van der Waals surface area contributed by atoms with E-state index in [1.165, 1.54) is 16.7 Å². The van der Waals surface area contributed by atoms with E-state index >= 15 is 0 Å². The molecule has 2 rings (SSSR count). The Morgan fingerprint density at radius 3 is 2.25 bits per heavy atom. The van der Waals surface area contributed by atoms with Gasteiger partial charge in [-0.25, -0.2) is 0 Å². The Bertz CT molecular complexity index is 637. The molecule has 0 aromatic heterocycles. The summed E-state index contributed by atoms with van der Waals surface area (Å²) < 4.78 is 6.44. The van der Waals surface area contributed by atoms with Crippen molar-refractivity contribution in [2.45, 2.75) is 26.8 Å². The first-order chi connectivity index (χ1) is 9.43. The van der Waals surface area contributed by atoms with E-state index < -0.39 is 0 Å². The molecule has 0 saturated carbocycles. The number of nitrogens with two attached hydrogens (primary N) is 1. The molecular formula is C17H20BrNO. The Kier molecular flexibility index (Phi) is 4.51. The highest BCUT2D eigenvalue weighted by atomic mass is 79.9. The zero-order valence-electron chi connectivity index (χ0n) is 12.3. The second-order valence-electron chi connectivity index (χ2n) is 5.16. The summed E-state index contributed by atoms with van der Waals surface area (Å²) >= 11 is 3.46. The van der Waals surface area contributed by atoms with E-state index in [4.69, 9.17) is 10.5 Å². The third-order valence-corrected chi connectivity index (χ3v) is 4.24. The van der Waals surface area contributed by atoms with Gasteiger partial charge >= 0.3 is 0 Å². The summed E-state index contributed by atoms with van der Waals surface area (Å²) in [6, 6.07) is 10.1. The van der Waals surface area contributed by atoms with Gasteiger partial charge in [-0.15, -0.1) is 0 Å². The second-order valence-corrected chi connectivity index (χ2v) is 6.07. The van der Waals surface area contributed by atoms with Gasteiger partial charge in [0.15, 0.2) is 0 Å². The van der Waals surface area contributed by atoms with E-state index in [1.54, 1.807) is 7.11 Å². The molecule has 0 bridgehead atoms. The van der Waals surface area contributed by atoms with Gasteiger partial charge in [-0.1, -0.05) is 34.1 Å². The standard InChI is InChI=1S/C17H20BrNO/c1-10-7-12(3)15(8-11(10)2)17(19)14-6-5-13(18)9-16(14)20-4/h5-9,17H,19H2,1-4H3. The minimum atomic E-state index is -0.183. The van der Waals surface area contributed by atoms with Crippen LogP contribution in [0.4, 0.5) is 0 Å². The SMILES string of the molecule is COc1cc(Br)ccc1C(N)c1cc(C)c(C)cc1C. The van der Waals surface area contributed by atoms with Crippen molar-refractivity contribution >= 4 is 15.9 Å². The third kappa shape index (κ3) is 2.89. The molecule has 2 N–H and O–H groups in total. The zero-order valence-corrected chi connectivity index (χ0v) is 13.9. The number of aryl methyl sites for hydroxylation is 3. The molecule has 1 atom stereocenters. The van der Waals surface area contributed by atoms with Crippen LogP contribution in [0.1, 0.15) is 33.9 Å². The van der Waals surface area contributed by atoms with Crippen LogP contribution in [0.5, 0.6) is 5.75 Å². The summed E-state index contributed by atoms with van der Waals surface area (Å²) in [7, 11) is 1.67. The number of hydrogen-bond donors (Lipinski definition) is 1. The highest BCUT2D eigenvalue weighted by molar-refractivity contribution is 9.10. The van der Waals surface area contributed by atoms with Crippen molar-refractivity contribution in [3.8, 4) is 5.75 Å². The van der Waals surface area contributed by atoms with E-state index in [0.29, 0.717) is 0 Å². The van der Waals surface area contributed by atoms with Crippen LogP contribution in [0.15, 0.2) is 34.8 Å². The normalized spacial score (nSPS) is 12.3. The fourth-order valence-corrected chi connectivity index (χ4v) is 2.77. The van der Waals surface area contributed by atoms with Gasteiger partial charge in [-0.2, -0.15) is 0 Å². The van der Waals surface area contributed by atoms with Crippen LogP contribution in [0.2, 0.25) is 0 Å². The summed E-state index contributed by atoms with van der Waals surface area (Å²) in [6.07, 6.45) is 0. The smallest absolute Gasteiger partial charge is 0.125 e. The van der Waals surface area contributed by atoms with Gasteiger partial charge in [-0.3, -0.25) is 0 Å². The molecule has 0 heterocycles. The molecule has 0 fully saturated rings. The Balaban J connectivity index is 2.51. The van der Waals surface area contributed by atoms with Crippen molar-refractivity contribution in [1.29, 1.82) is 0 Å². The van der Waals surface area contributed by atoms with Crippen LogP contribution in [0, 0.1) is 20.8 Å². The Labute approximate surface area is 129 Å². The second kappa shape index (κ2) is 5.98. The average molecular weight is 334 g/mol. The maximum absolute atomic E-state index is 6.47. The lowest BCUT2D eigenvalue weighted by Gasteiger charge is -2.19. The molecule has 0 spiro atoms. The number of methoxy groups -OCH3 is 1. The summed E-state index contributed by atoms with van der Waals surface area (Å²) in [6.45, 7) is 6.34. The van der Waals surface area contributed by atoms with Crippen LogP contribution in [-0.4, -0.2) is 7.11 Å². The lowest BCUT2D eigenvalue weighted by molar-refractivity contribution is 0.407. The summed E-state index contributed by atoms with van der Waals surface area (Å²) in [4.78, 5) is 0. The minimum absolute atomic E-state index is 0.183. The molecule has 0 amide bonds. The van der Waals surface area contributed by atoms with E-state index in [2.05, 4.69) is 48.8 Å². The van der Waals surface area contributed by atoms with Crippen molar-refractivity contribution in [3.63, 3.8) is 0 Å². The van der Waals surface area contributed by atoms with Gasteiger partial charge in [0.05, 0.1) is 13.2 Å². The van der Waals surface area contributed by atoms with Crippen molar-refractivity contribution in [2.75, 3.05) is 7.11 Å². The van der Waals surface area contributed by atoms with E-state index in [0.717, 1.165) is 21.3 Å². The van der Waals surface area contributed by atoms with Crippen molar-refractivity contribution in [2.24, 2.45) is 5.73 Å². The van der Waals surface area contributed by atoms with Gasteiger partial charge < -0.3 is 10.5 Å². The summed E-state index contributed by atoms with van der Waals surface area (Å²) in [5, 5.41) is 0. The van der Waals surface area contributed by atoms with Crippen LogP contribution in [0.3, 0.4) is 0 Å². The van der Waals surface area contributed by atoms with E-state index in [9.17, 15) is 0 Å². The molecule has 3 heteroatoms. The maximum Gasteiger partial charge on any atom is 0.125 e. The molecule has 2 aromatic rings. The van der Waals surface area contributed by atoms with Gasteiger partial charge in [0, 0.05) is 10.0 Å². The largest absolute Gasteiger partial charge is 0.496 e. The van der Waals surface area contributed by atoms with E-state index in [-0.39, 0.29) is 6.04 Å². The summed E-state index contributed by atoms with van der Waals surface area (Å²) in [5.41, 5.74) is 12.4. The lowest BCUT2D eigenvalue weighted by Crippen LogP contribution is -2.15. The van der Waals surface area contributed by atoms with E-state index in [1.807, 2.05) is 18.2 Å². The minimum Gasteiger partial charge on any atom is -0.496 e. The molecule has 0 aliphatic carbocycles. The third-order valence-electron chi connectivity index (χ3n) is 3.75. The molecule has 0 saturated heterocycles. The molecule has 0 aliphatic rings. The molecule has 1 unspecified atom stereocenters. The number of rotatable bonds is 3. The van der Waals surface area contributed by atoms with Crippen LogP contribution in [-0.2, 0) is 0 Å². The molecular weight excluding hydrogens is 314 g/mol. The first kappa shape index (κ1) is 15.1. The number of benzene rings is 2. The van der Waals surface area contributed by atoms with Gasteiger partial charge in [0.1, 0.15) is 5.75 Å². The maximum atomic E-state index is 6.47. The van der Waals surface area contributed by atoms with Crippen molar-refractivity contribution in [3.05, 3.63) is 62.6 Å². The monoisotopic (exact) mass is 333 g/mol. The Hall–Kier alpha value is -1.32. The number of ether oxygens (including phenoxy) is 1. The highest BCUT2D eigenvalue weighted by Gasteiger charge is 2.17. The predicted molar refractivity (Wildman–Crippen MR) is 87.4 cm³/mol. The zero-order chi connectivity index (χ0) is 14.9. The van der Waals surface area contributed by atoms with Crippen molar-refractivity contribution < 1.29 is 4.74 Å². The van der Waals surface area contributed by atoms with Gasteiger partial charge in [0.25, 0.3) is 0 Å². The predicted octanol–water partition coefficient (Wildman–Crippen LogP) is 4.43. The first-order valence-electron chi connectivity index (χ1n) is 6.60. The Morgan fingerprint density at radius 2 is 1.60 bits per heavy atom. The molecule has 0 radical (unpaired) electrons. The molecule has 0 aliphatic heterocycles. The van der Waals surface area contributed by atoms with Gasteiger partial charge in [0.2, 0.25) is 0 Å². The summed E-state index contributed by atoms with van der Waals surface area (Å²) in [5.74, 6) is 0.810.